The molecule has 2 N–H and O–H groups in total. The van der Waals surface area contributed by atoms with Crippen LogP contribution in [-0.4, -0.2) is 10.1 Å². The number of aromatic hydroxyl groups is 1. The molecule has 0 saturated heterocycles. The van der Waals surface area contributed by atoms with Crippen molar-refractivity contribution in [2.24, 2.45) is 0 Å². The Morgan fingerprint density at radius 3 is 2.83 bits per heavy atom. The highest BCUT2D eigenvalue weighted by atomic mass is 16.3. The van der Waals surface area contributed by atoms with Gasteiger partial charge in [0.25, 0.3) is 0 Å². The van der Waals surface area contributed by atoms with Crippen molar-refractivity contribution < 1.29 is 9.52 Å². The number of rotatable bonds is 2. The molecule has 24 heavy (non-hydrogen) atoms. The molecule has 2 aromatic carbocycles. The Labute approximate surface area is 137 Å². The summed E-state index contributed by atoms with van der Waals surface area (Å²) in [4.78, 5) is 4.37. The molecular weight excluding hydrogens is 302 g/mol. The first-order valence-corrected chi connectivity index (χ1v) is 7.44. The normalized spacial score (nSPS) is 10.8. The van der Waals surface area contributed by atoms with Gasteiger partial charge in [0.1, 0.15) is 28.6 Å². The molecule has 5 nitrogen and oxygen atoms in total. The predicted molar refractivity (Wildman–Crippen MR) is 92.4 cm³/mol. The molecule has 116 valence electrons. The number of anilines is 2. The van der Waals surface area contributed by atoms with Crippen molar-refractivity contribution in [3.05, 3.63) is 59.8 Å². The first-order chi connectivity index (χ1) is 11.7. The van der Waals surface area contributed by atoms with E-state index in [1.54, 1.807) is 12.1 Å². The maximum Gasteiger partial charge on any atom is 0.178 e. The van der Waals surface area contributed by atoms with Crippen LogP contribution in [0.4, 0.5) is 11.4 Å². The van der Waals surface area contributed by atoms with E-state index in [2.05, 4.69) is 16.4 Å². The number of aryl methyl sites for hydroxylation is 1. The van der Waals surface area contributed by atoms with Gasteiger partial charge in [-0.25, -0.2) is 0 Å². The lowest BCUT2D eigenvalue weighted by atomic mass is 10.1. The Balaban J connectivity index is 1.95. The van der Waals surface area contributed by atoms with Crippen LogP contribution in [0, 0.1) is 18.3 Å². The van der Waals surface area contributed by atoms with E-state index in [-0.39, 0.29) is 5.75 Å². The number of pyridine rings is 1. The van der Waals surface area contributed by atoms with E-state index in [1.807, 2.05) is 37.3 Å². The number of hydrogen-bond donors (Lipinski definition) is 2. The number of phenols is 1. The SMILES string of the molecule is Cc1ccc(Nc2c(C#N)cnc3c2oc2ccccc23)cc1O. The molecule has 0 atom stereocenters. The smallest absolute Gasteiger partial charge is 0.178 e. The fourth-order valence-electron chi connectivity index (χ4n) is 2.69. The first kappa shape index (κ1) is 14.1. The van der Waals surface area contributed by atoms with Crippen molar-refractivity contribution >= 4 is 33.4 Å². The summed E-state index contributed by atoms with van der Waals surface area (Å²) in [7, 11) is 0. The molecule has 0 aliphatic heterocycles. The Bertz CT molecular complexity index is 1120. The van der Waals surface area contributed by atoms with Crippen LogP contribution in [0.15, 0.2) is 53.1 Å². The quantitative estimate of drug-likeness (QED) is 0.564. The Kier molecular flexibility index (Phi) is 3.10. The highest BCUT2D eigenvalue weighted by molar-refractivity contribution is 6.07. The van der Waals surface area contributed by atoms with Crippen LogP contribution in [0.25, 0.3) is 22.1 Å². The molecule has 0 radical (unpaired) electrons. The molecule has 0 aliphatic rings. The van der Waals surface area contributed by atoms with E-state index in [0.717, 1.165) is 10.9 Å². The largest absolute Gasteiger partial charge is 0.508 e. The zero-order chi connectivity index (χ0) is 16.7. The van der Waals surface area contributed by atoms with Gasteiger partial charge < -0.3 is 14.8 Å². The molecule has 0 bridgehead atoms. The minimum absolute atomic E-state index is 0.188. The summed E-state index contributed by atoms with van der Waals surface area (Å²) in [5, 5.41) is 23.4. The lowest BCUT2D eigenvalue weighted by Gasteiger charge is -2.09. The average molecular weight is 315 g/mol. The lowest BCUT2D eigenvalue weighted by Crippen LogP contribution is -1.96. The van der Waals surface area contributed by atoms with E-state index in [0.29, 0.717) is 33.6 Å². The summed E-state index contributed by atoms with van der Waals surface area (Å²) in [5.41, 5.74) is 4.31. The number of nitrogens with one attached hydrogen (secondary N) is 1. The maximum absolute atomic E-state index is 9.89. The van der Waals surface area contributed by atoms with E-state index in [1.165, 1.54) is 6.20 Å². The number of benzene rings is 2. The number of fused-ring (bicyclic) bond motifs is 3. The summed E-state index contributed by atoms with van der Waals surface area (Å²) in [5.74, 6) is 0.188. The van der Waals surface area contributed by atoms with Crippen LogP contribution < -0.4 is 5.32 Å². The van der Waals surface area contributed by atoms with Crippen molar-refractivity contribution in [3.8, 4) is 11.8 Å². The molecule has 2 aromatic heterocycles. The van der Waals surface area contributed by atoms with Crippen molar-refractivity contribution in [1.82, 2.24) is 4.98 Å². The van der Waals surface area contributed by atoms with E-state index in [4.69, 9.17) is 4.42 Å². The van der Waals surface area contributed by atoms with Gasteiger partial charge in [-0.1, -0.05) is 18.2 Å². The molecule has 0 saturated carbocycles. The van der Waals surface area contributed by atoms with E-state index in [9.17, 15) is 10.4 Å². The molecule has 4 rings (SSSR count). The average Bonchev–Trinajstić information content (AvgIpc) is 2.97. The van der Waals surface area contributed by atoms with E-state index < -0.39 is 0 Å². The van der Waals surface area contributed by atoms with Crippen LogP contribution in [0.2, 0.25) is 0 Å². The van der Waals surface area contributed by atoms with Gasteiger partial charge in [0.05, 0.1) is 5.56 Å². The summed E-state index contributed by atoms with van der Waals surface area (Å²) in [6.45, 7) is 1.82. The Morgan fingerprint density at radius 2 is 2.04 bits per heavy atom. The zero-order valence-corrected chi connectivity index (χ0v) is 12.9. The second-order valence-corrected chi connectivity index (χ2v) is 5.56. The van der Waals surface area contributed by atoms with Crippen LogP contribution in [0.5, 0.6) is 5.75 Å². The summed E-state index contributed by atoms with van der Waals surface area (Å²) in [6.07, 6.45) is 1.53. The number of para-hydroxylation sites is 1. The number of furan rings is 1. The topological polar surface area (TPSA) is 82.1 Å². The molecule has 0 amide bonds. The van der Waals surface area contributed by atoms with Crippen molar-refractivity contribution in [2.75, 3.05) is 5.32 Å². The maximum atomic E-state index is 9.89. The van der Waals surface area contributed by atoms with Crippen LogP contribution in [0.3, 0.4) is 0 Å². The van der Waals surface area contributed by atoms with Gasteiger partial charge in [0, 0.05) is 23.3 Å². The Hall–Kier alpha value is -3.52. The number of nitrogens with zero attached hydrogens (tertiary/aromatic N) is 2. The second kappa shape index (κ2) is 5.28. The highest BCUT2D eigenvalue weighted by Crippen LogP contribution is 2.35. The number of hydrogen-bond acceptors (Lipinski definition) is 5. The van der Waals surface area contributed by atoms with Gasteiger partial charge in [-0.05, 0) is 30.7 Å². The van der Waals surface area contributed by atoms with E-state index >= 15 is 0 Å². The molecule has 2 heterocycles. The number of phenolic OH excluding ortho intramolecular Hbond substituents is 1. The van der Waals surface area contributed by atoms with Crippen molar-refractivity contribution in [3.63, 3.8) is 0 Å². The molecule has 0 spiro atoms. The van der Waals surface area contributed by atoms with Gasteiger partial charge in [-0.3, -0.25) is 4.98 Å². The highest BCUT2D eigenvalue weighted by Gasteiger charge is 2.16. The molecule has 4 aromatic rings. The minimum atomic E-state index is 0.188. The zero-order valence-electron chi connectivity index (χ0n) is 12.9. The molecule has 0 unspecified atom stereocenters. The van der Waals surface area contributed by atoms with Gasteiger partial charge >= 0.3 is 0 Å². The van der Waals surface area contributed by atoms with Crippen LogP contribution in [-0.2, 0) is 0 Å². The molecular formula is C19H13N3O2. The summed E-state index contributed by atoms with van der Waals surface area (Å²) >= 11 is 0. The lowest BCUT2D eigenvalue weighted by molar-refractivity contribution is 0.471. The van der Waals surface area contributed by atoms with Crippen molar-refractivity contribution in [1.29, 1.82) is 5.26 Å². The third-order valence-electron chi connectivity index (χ3n) is 3.99. The monoisotopic (exact) mass is 315 g/mol. The fraction of sp³-hybridized carbons (Fsp3) is 0.0526. The molecule has 5 heteroatoms. The third kappa shape index (κ3) is 2.13. The van der Waals surface area contributed by atoms with Crippen LogP contribution in [0.1, 0.15) is 11.1 Å². The number of aromatic nitrogens is 1. The van der Waals surface area contributed by atoms with Gasteiger partial charge in [0.15, 0.2) is 5.58 Å². The predicted octanol–water partition coefficient (Wildman–Crippen LogP) is 4.61. The second-order valence-electron chi connectivity index (χ2n) is 5.56. The van der Waals surface area contributed by atoms with Gasteiger partial charge in [-0.2, -0.15) is 5.26 Å². The van der Waals surface area contributed by atoms with Gasteiger partial charge in [-0.15, -0.1) is 0 Å². The third-order valence-corrected chi connectivity index (χ3v) is 3.99. The number of nitriles is 1. The first-order valence-electron chi connectivity index (χ1n) is 7.44. The van der Waals surface area contributed by atoms with Gasteiger partial charge in [0.2, 0.25) is 0 Å². The van der Waals surface area contributed by atoms with Crippen molar-refractivity contribution in [2.45, 2.75) is 6.92 Å². The van der Waals surface area contributed by atoms with Crippen LogP contribution >= 0.6 is 0 Å². The molecule has 0 aliphatic carbocycles. The molecule has 0 fully saturated rings. The summed E-state index contributed by atoms with van der Waals surface area (Å²) in [6, 6.07) is 15.0. The standard InChI is InChI=1S/C19H13N3O2/c1-11-6-7-13(8-15(11)23)22-17-12(9-20)10-21-18-14-4-2-3-5-16(14)24-19(17)18/h2-8,10,23H,1H3,(H,21,22). The summed E-state index contributed by atoms with van der Waals surface area (Å²) < 4.78 is 5.91. The Morgan fingerprint density at radius 1 is 1.21 bits per heavy atom. The minimum Gasteiger partial charge on any atom is -0.508 e. The fourth-order valence-corrected chi connectivity index (χ4v) is 2.69.